The van der Waals surface area contributed by atoms with E-state index in [-0.39, 0.29) is 0 Å². The summed E-state index contributed by atoms with van der Waals surface area (Å²) >= 11 is 0. The number of ether oxygens (including phenoxy) is 1. The lowest BCUT2D eigenvalue weighted by molar-refractivity contribution is 0.0125. The van der Waals surface area contributed by atoms with Gasteiger partial charge in [0, 0.05) is 0 Å². The Morgan fingerprint density at radius 1 is 0.842 bits per heavy atom. The van der Waals surface area contributed by atoms with Crippen LogP contribution < -0.4 is 0 Å². The summed E-state index contributed by atoms with van der Waals surface area (Å²) in [7, 11) is -9.14. The highest BCUT2D eigenvalue weighted by Crippen LogP contribution is 2.25. The Balaban J connectivity index is 5.40. The van der Waals surface area contributed by atoms with E-state index < -0.39 is 42.9 Å². The Morgan fingerprint density at radius 3 is 1.26 bits per heavy atom. The largest absolute Gasteiger partial charge is 0.337 e. The maximum Gasteiger partial charge on any atom is 0.292 e. The van der Waals surface area contributed by atoms with Gasteiger partial charge in [-0.15, -0.1) is 0 Å². The van der Waals surface area contributed by atoms with Gasteiger partial charge in [-0.2, -0.15) is 16.8 Å². The predicted molar refractivity (Wildman–Crippen MR) is 70.7 cm³/mol. The number of hydrogen-bond acceptors (Lipinski definition) is 5. The maximum absolute atomic E-state index is 11.3. The molecule has 0 aromatic rings. The molecule has 0 rings (SSSR count). The van der Waals surface area contributed by atoms with Crippen molar-refractivity contribution in [2.45, 2.75) is 51.4 Å². The molecule has 19 heavy (non-hydrogen) atoms. The van der Waals surface area contributed by atoms with E-state index in [0.717, 1.165) is 0 Å². The summed E-state index contributed by atoms with van der Waals surface area (Å²) < 4.78 is 68.3. The topological polar surface area (TPSA) is 118 Å². The molecule has 0 aliphatic heterocycles. The Labute approximate surface area is 114 Å². The summed E-state index contributed by atoms with van der Waals surface area (Å²) in [6.45, 7) is 6.38. The fourth-order valence-corrected chi connectivity index (χ4v) is 3.66. The van der Waals surface area contributed by atoms with Crippen LogP contribution in [0.1, 0.15) is 40.5 Å². The molecule has 4 unspecified atom stereocenters. The molecule has 0 saturated heterocycles. The lowest BCUT2D eigenvalue weighted by atomic mass is 10.1. The molecule has 0 aromatic heterocycles. The summed E-state index contributed by atoms with van der Waals surface area (Å²) in [5.41, 5.74) is -3.36. The Hall–Kier alpha value is -0.220. The van der Waals surface area contributed by atoms with Gasteiger partial charge in [-0.3, -0.25) is 9.11 Å². The first kappa shape index (κ1) is 18.8. The van der Waals surface area contributed by atoms with Gasteiger partial charge in [-0.05, 0) is 24.7 Å². The normalized spacial score (nSPS) is 19.7. The second-order valence-electron chi connectivity index (χ2n) is 4.67. The lowest BCUT2D eigenvalue weighted by Gasteiger charge is -2.27. The van der Waals surface area contributed by atoms with Crippen molar-refractivity contribution < 1.29 is 30.7 Å². The van der Waals surface area contributed by atoms with Gasteiger partial charge in [0.1, 0.15) is 0 Å². The van der Waals surface area contributed by atoms with Crippen LogP contribution in [0.5, 0.6) is 0 Å². The van der Waals surface area contributed by atoms with Gasteiger partial charge in [0.15, 0.2) is 10.9 Å². The Kier molecular flexibility index (Phi) is 6.90. The van der Waals surface area contributed by atoms with E-state index in [2.05, 4.69) is 0 Å². The molecule has 9 heteroatoms. The fourth-order valence-electron chi connectivity index (χ4n) is 1.51. The highest BCUT2D eigenvalue weighted by molar-refractivity contribution is 7.87. The van der Waals surface area contributed by atoms with Crippen LogP contribution in [-0.4, -0.2) is 36.8 Å². The van der Waals surface area contributed by atoms with E-state index >= 15 is 0 Å². The van der Waals surface area contributed by atoms with Crippen molar-refractivity contribution in [3.05, 3.63) is 0 Å². The summed E-state index contributed by atoms with van der Waals surface area (Å²) in [6.07, 6.45) is 0.728. The zero-order chi connectivity index (χ0) is 15.4. The van der Waals surface area contributed by atoms with Crippen LogP contribution in [0.3, 0.4) is 0 Å². The van der Waals surface area contributed by atoms with Crippen LogP contribution in [0.15, 0.2) is 0 Å². The van der Waals surface area contributed by atoms with E-state index in [1.54, 1.807) is 13.8 Å². The summed E-state index contributed by atoms with van der Waals surface area (Å²) in [4.78, 5) is 0. The van der Waals surface area contributed by atoms with Gasteiger partial charge in [0.2, 0.25) is 0 Å². The Bertz CT molecular complexity index is 424. The van der Waals surface area contributed by atoms with Gasteiger partial charge >= 0.3 is 0 Å². The molecule has 0 radical (unpaired) electrons. The third-order valence-electron chi connectivity index (χ3n) is 3.07. The minimum atomic E-state index is -4.57. The third kappa shape index (κ3) is 5.74. The SMILES string of the molecule is CCC(C)C(OC(C(C)CC)S(=O)(=O)O)S(=O)(=O)O. The van der Waals surface area contributed by atoms with E-state index in [4.69, 9.17) is 13.8 Å². The molecule has 2 N–H and O–H groups in total. The summed E-state index contributed by atoms with van der Waals surface area (Å²) in [5.74, 6) is -1.22. The molecule has 0 aliphatic rings. The number of rotatable bonds is 8. The van der Waals surface area contributed by atoms with Crippen LogP contribution in [0.4, 0.5) is 0 Å². The standard InChI is InChI=1S/C10H22O7S2/c1-5-7(3)9(18(11,12)13)17-10(8(4)6-2)19(14,15)16/h7-10H,5-6H2,1-4H3,(H,11,12,13)(H,14,15,16). The molecule has 0 bridgehead atoms. The first-order chi connectivity index (χ1) is 8.45. The van der Waals surface area contributed by atoms with Crippen LogP contribution in [-0.2, 0) is 25.0 Å². The minimum absolute atomic E-state index is 0.364. The molecule has 0 amide bonds. The average Bonchev–Trinajstić information content (AvgIpc) is 2.24. The molecular weight excluding hydrogens is 296 g/mol. The molecule has 116 valence electrons. The van der Waals surface area contributed by atoms with Gasteiger partial charge in [0.25, 0.3) is 20.2 Å². The Morgan fingerprint density at radius 2 is 1.11 bits per heavy atom. The quantitative estimate of drug-likeness (QED) is 0.651. The average molecular weight is 318 g/mol. The van der Waals surface area contributed by atoms with E-state index in [9.17, 15) is 16.8 Å². The van der Waals surface area contributed by atoms with Gasteiger partial charge in [-0.25, -0.2) is 0 Å². The van der Waals surface area contributed by atoms with Crippen molar-refractivity contribution in [2.24, 2.45) is 11.8 Å². The van der Waals surface area contributed by atoms with Crippen molar-refractivity contribution >= 4 is 20.2 Å². The zero-order valence-corrected chi connectivity index (χ0v) is 13.1. The smallest absolute Gasteiger partial charge is 0.292 e. The second-order valence-corrected chi connectivity index (χ2v) is 7.66. The first-order valence-corrected chi connectivity index (χ1v) is 9.03. The number of hydrogen-bond donors (Lipinski definition) is 2. The predicted octanol–water partition coefficient (Wildman–Crippen LogP) is 1.52. The van der Waals surface area contributed by atoms with Crippen molar-refractivity contribution in [3.63, 3.8) is 0 Å². The monoisotopic (exact) mass is 318 g/mol. The molecule has 0 fully saturated rings. The maximum atomic E-state index is 11.3. The lowest BCUT2D eigenvalue weighted by Crippen LogP contribution is -2.40. The van der Waals surface area contributed by atoms with Crippen molar-refractivity contribution in [1.82, 2.24) is 0 Å². The highest BCUT2D eigenvalue weighted by Gasteiger charge is 2.38. The minimum Gasteiger partial charge on any atom is -0.337 e. The second kappa shape index (κ2) is 6.98. The van der Waals surface area contributed by atoms with E-state index in [0.29, 0.717) is 12.8 Å². The fraction of sp³-hybridized carbons (Fsp3) is 1.00. The van der Waals surface area contributed by atoms with E-state index in [1.165, 1.54) is 13.8 Å². The molecular formula is C10H22O7S2. The summed E-state index contributed by atoms with van der Waals surface area (Å²) in [6, 6.07) is 0. The van der Waals surface area contributed by atoms with Crippen molar-refractivity contribution in [3.8, 4) is 0 Å². The first-order valence-electron chi connectivity index (χ1n) is 6.03. The van der Waals surface area contributed by atoms with Crippen LogP contribution in [0.25, 0.3) is 0 Å². The highest BCUT2D eigenvalue weighted by atomic mass is 32.2. The molecule has 0 saturated carbocycles. The van der Waals surface area contributed by atoms with Crippen LogP contribution in [0, 0.1) is 11.8 Å². The molecule has 0 aromatic carbocycles. The van der Waals surface area contributed by atoms with Gasteiger partial charge < -0.3 is 4.74 Å². The van der Waals surface area contributed by atoms with Gasteiger partial charge in [-0.1, -0.05) is 27.7 Å². The molecule has 4 atom stereocenters. The molecule has 0 aliphatic carbocycles. The molecule has 0 heterocycles. The van der Waals surface area contributed by atoms with Crippen molar-refractivity contribution in [1.29, 1.82) is 0 Å². The van der Waals surface area contributed by atoms with Crippen LogP contribution >= 0.6 is 0 Å². The van der Waals surface area contributed by atoms with Crippen LogP contribution in [0.2, 0.25) is 0 Å². The van der Waals surface area contributed by atoms with E-state index in [1.807, 2.05) is 0 Å². The van der Waals surface area contributed by atoms with Crippen molar-refractivity contribution in [2.75, 3.05) is 0 Å². The molecule has 7 nitrogen and oxygen atoms in total. The zero-order valence-electron chi connectivity index (χ0n) is 11.5. The third-order valence-corrected chi connectivity index (χ3v) is 5.40. The molecule has 0 spiro atoms. The summed E-state index contributed by atoms with van der Waals surface area (Å²) in [5, 5.41) is 0. The van der Waals surface area contributed by atoms with Gasteiger partial charge in [0.05, 0.1) is 0 Å².